The van der Waals surface area contributed by atoms with Crippen LogP contribution in [0.25, 0.3) is 0 Å². The molecule has 1 amide bonds. The zero-order valence-corrected chi connectivity index (χ0v) is 13.8. The maximum atomic E-state index is 11.9. The first-order valence-corrected chi connectivity index (χ1v) is 9.35. The molecule has 1 saturated heterocycles. The number of sulfone groups is 1. The Morgan fingerprint density at radius 1 is 1.35 bits per heavy atom. The highest BCUT2D eigenvalue weighted by Crippen LogP contribution is 2.19. The number of nitrogens with one attached hydrogen (secondary N) is 1. The first kappa shape index (κ1) is 17.7. The number of ether oxygens (including phenoxy) is 2. The highest BCUT2D eigenvalue weighted by Gasteiger charge is 2.29. The lowest BCUT2D eigenvalue weighted by atomic mass is 10.2. The van der Waals surface area contributed by atoms with E-state index in [1.807, 2.05) is 0 Å². The zero-order valence-electron chi connectivity index (χ0n) is 13.0. The summed E-state index contributed by atoms with van der Waals surface area (Å²) in [5.74, 6) is 0.393. The van der Waals surface area contributed by atoms with Crippen LogP contribution in [0.2, 0.25) is 0 Å². The van der Waals surface area contributed by atoms with E-state index >= 15 is 0 Å². The molecule has 0 aliphatic carbocycles. The van der Waals surface area contributed by atoms with Crippen molar-refractivity contribution < 1.29 is 22.7 Å². The van der Waals surface area contributed by atoms with Crippen LogP contribution in [-0.2, 0) is 19.4 Å². The minimum Gasteiger partial charge on any atom is -0.492 e. The summed E-state index contributed by atoms with van der Waals surface area (Å²) in [5, 5.41) is 2.75. The quantitative estimate of drug-likeness (QED) is 0.680. The number of hydrogen-bond acceptors (Lipinski definition) is 6. The predicted octanol–water partition coefficient (Wildman–Crippen LogP) is 0.0914. The second kappa shape index (κ2) is 7.76. The molecule has 2 atom stereocenters. The molecular weight excluding hydrogens is 320 g/mol. The Morgan fingerprint density at radius 3 is 2.61 bits per heavy atom. The van der Waals surface area contributed by atoms with Crippen LogP contribution in [0.1, 0.15) is 12.8 Å². The van der Waals surface area contributed by atoms with Crippen molar-refractivity contribution in [3.8, 4) is 5.75 Å². The van der Waals surface area contributed by atoms with Crippen LogP contribution in [0.3, 0.4) is 0 Å². The van der Waals surface area contributed by atoms with Gasteiger partial charge in [-0.1, -0.05) is 0 Å². The predicted molar refractivity (Wildman–Crippen MR) is 85.0 cm³/mol. The van der Waals surface area contributed by atoms with Gasteiger partial charge in [0.15, 0.2) is 9.84 Å². The first-order valence-electron chi connectivity index (χ1n) is 7.46. The molecule has 1 aliphatic heterocycles. The van der Waals surface area contributed by atoms with Crippen LogP contribution < -0.4 is 15.8 Å². The second-order valence-electron chi connectivity index (χ2n) is 5.44. The fourth-order valence-corrected chi connectivity index (χ4v) is 2.94. The lowest BCUT2D eigenvalue weighted by Crippen LogP contribution is -2.37. The number of benzene rings is 1. The van der Waals surface area contributed by atoms with E-state index in [9.17, 15) is 13.2 Å². The lowest BCUT2D eigenvalue weighted by molar-refractivity contribution is -0.131. The Kier molecular flexibility index (Phi) is 5.97. The normalized spacial score (nSPS) is 21.1. The van der Waals surface area contributed by atoms with Gasteiger partial charge in [0.1, 0.15) is 18.5 Å². The van der Waals surface area contributed by atoms with Crippen LogP contribution in [-0.4, -0.2) is 52.5 Å². The minimum atomic E-state index is -3.21. The summed E-state index contributed by atoms with van der Waals surface area (Å²) in [6, 6.07) is 6.15. The van der Waals surface area contributed by atoms with Crippen molar-refractivity contribution in [1.82, 2.24) is 5.32 Å². The van der Waals surface area contributed by atoms with Gasteiger partial charge in [0, 0.05) is 12.8 Å². The molecule has 1 aromatic carbocycles. The van der Waals surface area contributed by atoms with Gasteiger partial charge in [-0.2, -0.15) is 0 Å². The average Bonchev–Trinajstić information content (AvgIpc) is 3.00. The molecular formula is C15H22N2O5S. The van der Waals surface area contributed by atoms with Crippen LogP contribution in [0.5, 0.6) is 5.75 Å². The van der Waals surface area contributed by atoms with E-state index < -0.39 is 15.9 Å². The van der Waals surface area contributed by atoms with Crippen molar-refractivity contribution in [2.24, 2.45) is 5.73 Å². The van der Waals surface area contributed by atoms with E-state index in [0.29, 0.717) is 25.3 Å². The first-order chi connectivity index (χ1) is 10.9. The standard InChI is InChI=1S/C15H22N2O5S/c1-23(19,20)13-5-2-11(3-6-13)21-9-8-17-15(18)14-7-4-12(10-16)22-14/h2-3,5-6,12,14H,4,7-10,16H2,1H3,(H,17,18)/t12-,14+/m1/s1. The molecule has 1 fully saturated rings. The minimum absolute atomic E-state index is 0.0321. The molecule has 128 valence electrons. The Bertz CT molecular complexity index is 630. The lowest BCUT2D eigenvalue weighted by Gasteiger charge is -2.13. The van der Waals surface area contributed by atoms with Crippen molar-refractivity contribution in [1.29, 1.82) is 0 Å². The smallest absolute Gasteiger partial charge is 0.249 e. The molecule has 3 N–H and O–H groups in total. The van der Waals surface area contributed by atoms with E-state index in [4.69, 9.17) is 15.2 Å². The molecule has 1 aromatic rings. The number of nitrogens with two attached hydrogens (primary N) is 1. The largest absolute Gasteiger partial charge is 0.492 e. The van der Waals surface area contributed by atoms with Crippen molar-refractivity contribution in [2.45, 2.75) is 29.9 Å². The molecule has 0 unspecified atom stereocenters. The molecule has 7 nitrogen and oxygen atoms in total. The summed E-state index contributed by atoms with van der Waals surface area (Å²) >= 11 is 0. The Balaban J connectivity index is 1.70. The topological polar surface area (TPSA) is 108 Å². The maximum absolute atomic E-state index is 11.9. The molecule has 0 bridgehead atoms. The van der Waals surface area contributed by atoms with Gasteiger partial charge in [-0.25, -0.2) is 8.42 Å². The highest BCUT2D eigenvalue weighted by molar-refractivity contribution is 7.90. The molecule has 8 heteroatoms. The molecule has 1 heterocycles. The summed E-state index contributed by atoms with van der Waals surface area (Å²) in [7, 11) is -3.21. The Hall–Kier alpha value is -1.64. The third-order valence-electron chi connectivity index (χ3n) is 3.58. The van der Waals surface area contributed by atoms with Gasteiger partial charge < -0.3 is 20.5 Å². The van der Waals surface area contributed by atoms with Crippen LogP contribution in [0.15, 0.2) is 29.2 Å². The molecule has 1 aliphatic rings. The van der Waals surface area contributed by atoms with Crippen molar-refractivity contribution >= 4 is 15.7 Å². The van der Waals surface area contributed by atoms with E-state index in [0.717, 1.165) is 12.7 Å². The molecule has 0 aromatic heterocycles. The Labute approximate surface area is 136 Å². The third kappa shape index (κ3) is 5.19. The number of carbonyl (C=O) groups is 1. The van der Waals surface area contributed by atoms with E-state index in [-0.39, 0.29) is 23.5 Å². The van der Waals surface area contributed by atoms with Crippen LogP contribution in [0, 0.1) is 0 Å². The molecule has 2 rings (SSSR count). The van der Waals surface area contributed by atoms with Gasteiger partial charge in [-0.15, -0.1) is 0 Å². The van der Waals surface area contributed by atoms with Crippen LogP contribution >= 0.6 is 0 Å². The molecule has 0 saturated carbocycles. The number of amides is 1. The fraction of sp³-hybridized carbons (Fsp3) is 0.533. The van der Waals surface area contributed by atoms with Gasteiger partial charge in [0.25, 0.3) is 0 Å². The number of hydrogen-bond donors (Lipinski definition) is 2. The fourth-order valence-electron chi connectivity index (χ4n) is 2.31. The number of rotatable bonds is 7. The van der Waals surface area contributed by atoms with Crippen molar-refractivity contribution in [3.63, 3.8) is 0 Å². The van der Waals surface area contributed by atoms with Gasteiger partial charge >= 0.3 is 0 Å². The summed E-state index contributed by atoms with van der Waals surface area (Å²) in [4.78, 5) is 12.1. The van der Waals surface area contributed by atoms with Gasteiger partial charge in [0.05, 0.1) is 17.5 Å². The summed E-state index contributed by atoms with van der Waals surface area (Å²) in [5.41, 5.74) is 5.51. The SMILES string of the molecule is CS(=O)(=O)c1ccc(OCCNC(=O)[C@@H]2CC[C@H](CN)O2)cc1. The summed E-state index contributed by atoms with van der Waals surface area (Å²) in [6.07, 6.45) is 2.17. The van der Waals surface area contributed by atoms with Crippen LogP contribution in [0.4, 0.5) is 0 Å². The highest BCUT2D eigenvalue weighted by atomic mass is 32.2. The average molecular weight is 342 g/mol. The van der Waals surface area contributed by atoms with Crippen molar-refractivity contribution in [2.75, 3.05) is 26.0 Å². The van der Waals surface area contributed by atoms with E-state index in [2.05, 4.69) is 5.32 Å². The second-order valence-corrected chi connectivity index (χ2v) is 7.46. The van der Waals surface area contributed by atoms with E-state index in [1.165, 1.54) is 12.1 Å². The Morgan fingerprint density at radius 2 is 2.04 bits per heavy atom. The summed E-state index contributed by atoms with van der Waals surface area (Å²) in [6.45, 7) is 1.06. The maximum Gasteiger partial charge on any atom is 0.249 e. The summed E-state index contributed by atoms with van der Waals surface area (Å²) < 4.78 is 33.6. The molecule has 0 spiro atoms. The monoisotopic (exact) mass is 342 g/mol. The van der Waals surface area contributed by atoms with Gasteiger partial charge in [-0.05, 0) is 37.1 Å². The van der Waals surface area contributed by atoms with Gasteiger partial charge in [0.2, 0.25) is 5.91 Å². The van der Waals surface area contributed by atoms with Gasteiger partial charge in [-0.3, -0.25) is 4.79 Å². The number of carbonyl (C=O) groups excluding carboxylic acids is 1. The third-order valence-corrected chi connectivity index (χ3v) is 4.71. The van der Waals surface area contributed by atoms with E-state index in [1.54, 1.807) is 12.1 Å². The van der Waals surface area contributed by atoms with Crippen molar-refractivity contribution in [3.05, 3.63) is 24.3 Å². The zero-order chi connectivity index (χ0) is 16.9. The molecule has 0 radical (unpaired) electrons. The molecule has 23 heavy (non-hydrogen) atoms.